The van der Waals surface area contributed by atoms with Gasteiger partial charge in [-0.05, 0) is 19.1 Å². The number of aromatic nitrogens is 1. The van der Waals surface area contributed by atoms with Crippen LogP contribution in [0.15, 0.2) is 34.9 Å². The van der Waals surface area contributed by atoms with Crippen LogP contribution in [0.25, 0.3) is 0 Å². The van der Waals surface area contributed by atoms with Gasteiger partial charge in [-0.3, -0.25) is 9.59 Å². The average molecular weight is 303 g/mol. The van der Waals surface area contributed by atoms with Crippen molar-refractivity contribution < 1.29 is 18.8 Å². The van der Waals surface area contributed by atoms with Gasteiger partial charge in [-0.25, -0.2) is 0 Å². The predicted octanol–water partition coefficient (Wildman–Crippen LogP) is 2.35. The molecule has 0 aliphatic rings. The minimum absolute atomic E-state index is 0.0573. The minimum Gasteiger partial charge on any atom is -0.497 e. The standard InChI is InChI=1S/C15H17N3O4/c1-10-8-13(18-22-10)17-15(20)7-6-14(19)16-11-4-3-5-12(9-11)21-2/h3-5,8-9H,6-7H2,1-2H3,(H,16,19)(H,17,18,20). The van der Waals surface area contributed by atoms with Crippen LogP contribution in [0.3, 0.4) is 0 Å². The molecule has 7 nitrogen and oxygen atoms in total. The third kappa shape index (κ3) is 4.62. The number of carbonyl (C=O) groups excluding carboxylic acids is 2. The smallest absolute Gasteiger partial charge is 0.226 e. The SMILES string of the molecule is COc1cccc(NC(=O)CCC(=O)Nc2cc(C)on2)c1. The number of hydrogen-bond acceptors (Lipinski definition) is 5. The lowest BCUT2D eigenvalue weighted by molar-refractivity contribution is -0.121. The summed E-state index contributed by atoms with van der Waals surface area (Å²) >= 11 is 0. The van der Waals surface area contributed by atoms with Crippen molar-refractivity contribution in [1.29, 1.82) is 0 Å². The molecule has 2 amide bonds. The van der Waals surface area contributed by atoms with Crippen molar-refractivity contribution in [2.75, 3.05) is 17.7 Å². The lowest BCUT2D eigenvalue weighted by Gasteiger charge is -2.06. The second-order valence-electron chi connectivity index (χ2n) is 4.65. The molecular formula is C15H17N3O4. The summed E-state index contributed by atoms with van der Waals surface area (Å²) in [6.07, 6.45) is 0.127. The highest BCUT2D eigenvalue weighted by atomic mass is 16.5. The number of aryl methyl sites for hydroxylation is 1. The molecule has 2 aromatic rings. The van der Waals surface area contributed by atoms with Crippen LogP contribution < -0.4 is 15.4 Å². The molecule has 7 heteroatoms. The van der Waals surface area contributed by atoms with E-state index in [0.29, 0.717) is 23.0 Å². The molecule has 0 atom stereocenters. The van der Waals surface area contributed by atoms with Gasteiger partial charge >= 0.3 is 0 Å². The van der Waals surface area contributed by atoms with E-state index in [1.54, 1.807) is 44.4 Å². The third-order valence-corrected chi connectivity index (χ3v) is 2.83. The second-order valence-corrected chi connectivity index (χ2v) is 4.65. The first-order valence-electron chi connectivity index (χ1n) is 6.74. The maximum atomic E-state index is 11.8. The van der Waals surface area contributed by atoms with E-state index in [9.17, 15) is 9.59 Å². The summed E-state index contributed by atoms with van der Waals surface area (Å²) < 4.78 is 9.91. The van der Waals surface area contributed by atoms with E-state index in [0.717, 1.165) is 0 Å². The highest BCUT2D eigenvalue weighted by Gasteiger charge is 2.10. The van der Waals surface area contributed by atoms with E-state index in [2.05, 4.69) is 15.8 Å². The molecule has 0 aliphatic carbocycles. The Labute approximate surface area is 127 Å². The zero-order valence-electron chi connectivity index (χ0n) is 12.4. The molecule has 0 radical (unpaired) electrons. The Hall–Kier alpha value is -2.83. The normalized spacial score (nSPS) is 10.1. The Morgan fingerprint density at radius 2 is 1.91 bits per heavy atom. The number of rotatable bonds is 6. The molecule has 0 spiro atoms. The van der Waals surface area contributed by atoms with Crippen LogP contribution in [0.4, 0.5) is 11.5 Å². The summed E-state index contributed by atoms with van der Waals surface area (Å²) in [6, 6.07) is 8.61. The number of benzene rings is 1. The molecule has 0 saturated heterocycles. The molecule has 0 fully saturated rings. The fraction of sp³-hybridized carbons (Fsp3) is 0.267. The maximum Gasteiger partial charge on any atom is 0.226 e. The highest BCUT2D eigenvalue weighted by Crippen LogP contribution is 2.17. The summed E-state index contributed by atoms with van der Waals surface area (Å²) in [5.74, 6) is 1.05. The maximum absolute atomic E-state index is 11.8. The molecule has 2 rings (SSSR count). The van der Waals surface area contributed by atoms with E-state index in [1.165, 1.54) is 0 Å². The van der Waals surface area contributed by atoms with Gasteiger partial charge in [-0.1, -0.05) is 11.2 Å². The number of methoxy groups -OCH3 is 1. The number of hydrogen-bond donors (Lipinski definition) is 2. The van der Waals surface area contributed by atoms with E-state index in [1.807, 2.05) is 0 Å². The van der Waals surface area contributed by atoms with Crippen LogP contribution in [-0.2, 0) is 9.59 Å². The Morgan fingerprint density at radius 1 is 1.18 bits per heavy atom. The average Bonchev–Trinajstić information content (AvgIpc) is 2.90. The molecular weight excluding hydrogens is 286 g/mol. The van der Waals surface area contributed by atoms with Gasteiger partial charge in [0.25, 0.3) is 0 Å². The number of nitrogens with zero attached hydrogens (tertiary/aromatic N) is 1. The second kappa shape index (κ2) is 7.26. The zero-order valence-corrected chi connectivity index (χ0v) is 12.4. The third-order valence-electron chi connectivity index (χ3n) is 2.83. The van der Waals surface area contributed by atoms with Gasteiger partial charge in [0.05, 0.1) is 7.11 Å². The Morgan fingerprint density at radius 3 is 2.55 bits per heavy atom. The Bertz CT molecular complexity index is 666. The molecule has 0 saturated carbocycles. The van der Waals surface area contributed by atoms with Gasteiger partial charge in [-0.15, -0.1) is 0 Å². The lowest BCUT2D eigenvalue weighted by Crippen LogP contribution is -2.17. The van der Waals surface area contributed by atoms with Crippen molar-refractivity contribution >= 4 is 23.3 Å². The molecule has 0 unspecified atom stereocenters. The summed E-state index contributed by atoms with van der Waals surface area (Å²) in [6.45, 7) is 1.73. The summed E-state index contributed by atoms with van der Waals surface area (Å²) in [4.78, 5) is 23.5. The summed E-state index contributed by atoms with van der Waals surface area (Å²) in [7, 11) is 1.55. The fourth-order valence-electron chi connectivity index (χ4n) is 1.78. The van der Waals surface area contributed by atoms with Gasteiger partial charge in [-0.2, -0.15) is 0 Å². The predicted molar refractivity (Wildman–Crippen MR) is 80.7 cm³/mol. The van der Waals surface area contributed by atoms with E-state index in [4.69, 9.17) is 9.26 Å². The summed E-state index contributed by atoms with van der Waals surface area (Å²) in [5.41, 5.74) is 0.622. The van der Waals surface area contributed by atoms with E-state index < -0.39 is 0 Å². The van der Waals surface area contributed by atoms with Crippen molar-refractivity contribution in [2.45, 2.75) is 19.8 Å². The topological polar surface area (TPSA) is 93.5 Å². The molecule has 2 N–H and O–H groups in total. The Kier molecular flexibility index (Phi) is 5.13. The molecule has 0 bridgehead atoms. The number of ether oxygens (including phenoxy) is 1. The van der Waals surface area contributed by atoms with Crippen LogP contribution in [-0.4, -0.2) is 24.1 Å². The molecule has 1 aromatic heterocycles. The van der Waals surface area contributed by atoms with Gasteiger partial charge in [0.2, 0.25) is 11.8 Å². The van der Waals surface area contributed by atoms with Crippen LogP contribution in [0.1, 0.15) is 18.6 Å². The lowest BCUT2D eigenvalue weighted by atomic mass is 10.2. The number of nitrogens with one attached hydrogen (secondary N) is 2. The van der Waals surface area contributed by atoms with Crippen molar-refractivity contribution in [3.63, 3.8) is 0 Å². The van der Waals surface area contributed by atoms with Gasteiger partial charge < -0.3 is 19.9 Å². The molecule has 0 aliphatic heterocycles. The molecule has 1 heterocycles. The van der Waals surface area contributed by atoms with Crippen molar-refractivity contribution in [3.05, 3.63) is 36.1 Å². The first kappa shape index (κ1) is 15.6. The highest BCUT2D eigenvalue weighted by molar-refractivity contribution is 5.96. The quantitative estimate of drug-likeness (QED) is 0.854. The fourth-order valence-corrected chi connectivity index (χ4v) is 1.78. The zero-order chi connectivity index (χ0) is 15.9. The van der Waals surface area contributed by atoms with E-state index in [-0.39, 0.29) is 24.7 Å². The first-order valence-corrected chi connectivity index (χ1v) is 6.74. The number of carbonyl (C=O) groups is 2. The molecule has 22 heavy (non-hydrogen) atoms. The van der Waals surface area contributed by atoms with Crippen molar-refractivity contribution in [1.82, 2.24) is 5.16 Å². The van der Waals surface area contributed by atoms with Crippen LogP contribution in [0.2, 0.25) is 0 Å². The number of anilines is 2. The minimum atomic E-state index is -0.297. The van der Waals surface area contributed by atoms with Crippen molar-refractivity contribution in [3.8, 4) is 5.75 Å². The van der Waals surface area contributed by atoms with Crippen LogP contribution >= 0.6 is 0 Å². The monoisotopic (exact) mass is 303 g/mol. The molecule has 116 valence electrons. The van der Waals surface area contributed by atoms with E-state index >= 15 is 0 Å². The van der Waals surface area contributed by atoms with Gasteiger partial charge in [0.1, 0.15) is 11.5 Å². The summed E-state index contributed by atoms with van der Waals surface area (Å²) in [5, 5.41) is 8.91. The number of amides is 2. The first-order chi connectivity index (χ1) is 10.6. The van der Waals surface area contributed by atoms with Crippen molar-refractivity contribution in [2.24, 2.45) is 0 Å². The van der Waals surface area contributed by atoms with Crippen LogP contribution in [0, 0.1) is 6.92 Å². The largest absolute Gasteiger partial charge is 0.497 e. The van der Waals surface area contributed by atoms with Gasteiger partial charge in [0.15, 0.2) is 5.82 Å². The van der Waals surface area contributed by atoms with Gasteiger partial charge in [0, 0.05) is 30.7 Å². The Balaban J connectivity index is 1.78. The molecule has 1 aromatic carbocycles. The van der Waals surface area contributed by atoms with Crippen LogP contribution in [0.5, 0.6) is 5.75 Å².